The lowest BCUT2D eigenvalue weighted by molar-refractivity contribution is 0.848. The Kier molecular flexibility index (Phi) is 10.1. The molecule has 0 amide bonds. The maximum Gasteiger partial charge on any atom is 0.129 e. The minimum Gasteiger partial charge on any atom is -0.231 e. The second-order valence-electron chi connectivity index (χ2n) is 0.750. The molecule has 0 aromatic rings. The van der Waals surface area contributed by atoms with Gasteiger partial charge in [0.15, 0.2) is 0 Å². The molecule has 0 radical (unpaired) electrons. The zero-order valence-electron chi connectivity index (χ0n) is 4.09. The van der Waals surface area contributed by atoms with Crippen LogP contribution in [0.15, 0.2) is 0 Å². The van der Waals surface area contributed by atoms with Crippen LogP contribution in [-0.4, -0.2) is 0 Å². The lowest BCUT2D eigenvalue weighted by Crippen LogP contribution is -1.80. The van der Waals surface area contributed by atoms with Crippen molar-refractivity contribution in [1.82, 2.24) is 0 Å². The summed E-state index contributed by atoms with van der Waals surface area (Å²) in [4.78, 5) is 0. The number of hydrogen-bond acceptors (Lipinski definition) is 8. The first-order valence-corrected chi connectivity index (χ1v) is 12.2. The van der Waals surface area contributed by atoms with Crippen molar-refractivity contribution in [3.63, 3.8) is 0 Å². The molecule has 0 bridgehead atoms. The third-order valence-corrected chi connectivity index (χ3v) is 16.9. The molecular weight excluding hydrogens is 399 g/mol. The quantitative estimate of drug-likeness (QED) is 0.321. The molecule has 0 saturated carbocycles. The van der Waals surface area contributed by atoms with Gasteiger partial charge in [-0.1, -0.05) is 11.7 Å². The molecule has 10 heteroatoms. The van der Waals surface area contributed by atoms with Crippen molar-refractivity contribution in [3.05, 3.63) is 0 Å². The van der Waals surface area contributed by atoms with Crippen LogP contribution in [0, 0.1) is 0 Å². The van der Waals surface area contributed by atoms with E-state index in [1.807, 2.05) is 0 Å². The Morgan fingerprint density at radius 2 is 2.00 bits per heavy atom. The molecule has 0 aromatic heterocycles. The van der Waals surface area contributed by atoms with E-state index in [1.165, 1.54) is 39.3 Å². The van der Waals surface area contributed by atoms with Crippen molar-refractivity contribution in [2.24, 2.45) is 0 Å². The van der Waals surface area contributed by atoms with E-state index in [9.17, 15) is 0 Å². The summed E-state index contributed by atoms with van der Waals surface area (Å²) in [5.74, 6) is 0. The van der Waals surface area contributed by atoms with Gasteiger partial charge in [0.25, 0.3) is 0 Å². The average molecular weight is 400 g/mol. The average Bonchev–Trinajstić information content (AvgIpc) is 1.89. The van der Waals surface area contributed by atoms with E-state index in [0.717, 1.165) is 0 Å². The second-order valence-corrected chi connectivity index (χ2v) is 16.1. The highest BCUT2D eigenvalue weighted by molar-refractivity contribution is 14.1. The summed E-state index contributed by atoms with van der Waals surface area (Å²) < 4.78 is 4.86. The van der Waals surface area contributed by atoms with Gasteiger partial charge in [0.1, 0.15) is 23.0 Å². The topological polar surface area (TPSA) is 9.23 Å². The second kappa shape index (κ2) is 7.62. The maximum absolute atomic E-state index is 4.92. The van der Waals surface area contributed by atoms with Crippen LogP contribution < -0.4 is 0 Å². The summed E-state index contributed by atoms with van der Waals surface area (Å²) in [6.07, 6.45) is 0. The van der Waals surface area contributed by atoms with Crippen molar-refractivity contribution < 1.29 is 2.51 Å². The minimum atomic E-state index is -1.73. The molecule has 0 aliphatic heterocycles. The largest absolute Gasteiger partial charge is 0.231 e. The van der Waals surface area contributed by atoms with Gasteiger partial charge in [-0.15, -0.1) is 0 Å². The minimum absolute atomic E-state index is 1.37. The molecule has 0 unspecified atom stereocenters. The monoisotopic (exact) mass is 400 g/mol. The molecule has 0 heterocycles. The van der Waals surface area contributed by atoms with Gasteiger partial charge in [-0.25, -0.2) is 2.51 Å². The van der Waals surface area contributed by atoms with Gasteiger partial charge >= 0.3 is 0 Å². The summed E-state index contributed by atoms with van der Waals surface area (Å²) >= 11 is 15.5. The summed E-state index contributed by atoms with van der Waals surface area (Å²) in [7, 11) is 5.78. The Bertz CT molecular complexity index is 156. The predicted octanol–water partition coefficient (Wildman–Crippen LogP) is 3.78. The maximum atomic E-state index is 4.92. The summed E-state index contributed by atoms with van der Waals surface area (Å²) in [6.45, 7) is -1.73. The van der Waals surface area contributed by atoms with Crippen LogP contribution in [0.25, 0.3) is 0 Å². The van der Waals surface area contributed by atoms with Crippen molar-refractivity contribution >= 4 is 103 Å². The van der Waals surface area contributed by atoms with E-state index >= 15 is 0 Å². The van der Waals surface area contributed by atoms with E-state index in [4.69, 9.17) is 24.9 Å². The molecule has 0 fully saturated rings. The van der Waals surface area contributed by atoms with Gasteiger partial charge < -0.3 is 0 Å². The van der Waals surface area contributed by atoms with Crippen LogP contribution in [0.4, 0.5) is 0 Å². The van der Waals surface area contributed by atoms with E-state index in [0.29, 0.717) is 0 Å². The van der Waals surface area contributed by atoms with Crippen LogP contribution in [0.5, 0.6) is 0 Å². The van der Waals surface area contributed by atoms with Gasteiger partial charge in [-0.2, -0.15) is 0 Å². The molecule has 0 aromatic carbocycles. The third-order valence-electron chi connectivity index (χ3n) is 0.246. The van der Waals surface area contributed by atoms with Crippen molar-refractivity contribution in [2.75, 3.05) is 0 Å². The van der Waals surface area contributed by atoms with Crippen LogP contribution in [0.2, 0.25) is 0 Å². The van der Waals surface area contributed by atoms with E-state index < -0.39 is 6.46 Å². The molecular formula is HIOS8. The SMILES string of the molecule is S=S(=S)(OI)SSSSS. The standard InChI is InChI=1S/HIOS8/c1-2-10(4,5)9-8-7-6-3/h3H. The molecule has 0 N–H and O–H groups in total. The Morgan fingerprint density at radius 3 is 2.40 bits per heavy atom. The summed E-state index contributed by atoms with van der Waals surface area (Å²) in [5, 5.41) is 0. The molecule has 0 atom stereocenters. The zero-order valence-corrected chi connectivity index (χ0v) is 12.9. The first-order chi connectivity index (χ1) is 4.62. The van der Waals surface area contributed by atoms with Crippen LogP contribution in [0.3, 0.4) is 0 Å². The van der Waals surface area contributed by atoms with Crippen molar-refractivity contribution in [3.8, 4) is 0 Å². The van der Waals surface area contributed by atoms with Crippen LogP contribution in [0.1, 0.15) is 0 Å². The molecule has 0 aliphatic carbocycles. The lowest BCUT2D eigenvalue weighted by atomic mass is 15.9. The highest BCUT2D eigenvalue weighted by atomic mass is 127. The number of thiol groups is 1. The van der Waals surface area contributed by atoms with Crippen molar-refractivity contribution in [2.45, 2.75) is 0 Å². The Hall–Kier alpha value is 3.23. The fourth-order valence-electron chi connectivity index (χ4n) is 0.0683. The smallest absolute Gasteiger partial charge is 0.129 e. The first kappa shape index (κ1) is 13.2. The number of halogens is 1. The number of hydrogen-bond donors (Lipinski definition) is 1. The van der Waals surface area contributed by atoms with Gasteiger partial charge in [-0.05, 0) is 42.0 Å². The lowest BCUT2D eigenvalue weighted by Gasteiger charge is -2.00. The molecule has 0 saturated heterocycles. The molecule has 1 nitrogen and oxygen atoms in total. The molecule has 0 rings (SSSR count). The van der Waals surface area contributed by atoms with E-state index in [1.54, 1.807) is 23.0 Å². The van der Waals surface area contributed by atoms with Crippen LogP contribution >= 0.6 is 74.0 Å². The van der Waals surface area contributed by atoms with Gasteiger partial charge in [-0.3, -0.25) is 0 Å². The normalized spacial score (nSPS) is 11.8. The highest BCUT2D eigenvalue weighted by Gasteiger charge is 2.01. The fraction of sp³-hybridized carbons (Fsp3) is 0. The van der Waals surface area contributed by atoms with Gasteiger partial charge in [0.2, 0.25) is 0 Å². The predicted molar refractivity (Wildman–Crippen MR) is 76.5 cm³/mol. The summed E-state index contributed by atoms with van der Waals surface area (Å²) in [6, 6.07) is 0. The fourth-order valence-corrected chi connectivity index (χ4v) is 14.1. The summed E-state index contributed by atoms with van der Waals surface area (Å²) in [5.41, 5.74) is 0. The highest BCUT2D eigenvalue weighted by Crippen LogP contribution is 2.47. The van der Waals surface area contributed by atoms with E-state index in [2.05, 4.69) is 11.7 Å². The van der Waals surface area contributed by atoms with Crippen LogP contribution in [-0.2, 0) is 31.3 Å². The number of rotatable bonds is 5. The van der Waals surface area contributed by atoms with Crippen molar-refractivity contribution in [1.29, 1.82) is 0 Å². The first-order valence-electron chi connectivity index (χ1n) is 1.50. The molecule has 0 spiro atoms. The third kappa shape index (κ3) is 7.86. The van der Waals surface area contributed by atoms with Gasteiger partial charge in [0.05, 0.1) is 6.46 Å². The van der Waals surface area contributed by atoms with E-state index in [-0.39, 0.29) is 0 Å². The Labute approximate surface area is 103 Å². The van der Waals surface area contributed by atoms with Gasteiger partial charge in [0, 0.05) is 19.7 Å². The molecule has 62 valence electrons. The Morgan fingerprint density at radius 1 is 1.40 bits per heavy atom. The molecule has 0 aliphatic rings. The molecule has 10 heavy (non-hydrogen) atoms. The zero-order chi connectivity index (χ0) is 8.04. The Balaban J connectivity index is 3.49.